The second-order valence-corrected chi connectivity index (χ2v) is 3.04. The van der Waals surface area contributed by atoms with Crippen molar-refractivity contribution in [1.29, 1.82) is 0 Å². The van der Waals surface area contributed by atoms with Crippen LogP contribution in [0.5, 0.6) is 0 Å². The van der Waals surface area contributed by atoms with Gasteiger partial charge in [-0.2, -0.15) is 0 Å². The summed E-state index contributed by atoms with van der Waals surface area (Å²) < 4.78 is 0. The van der Waals surface area contributed by atoms with E-state index in [1.54, 1.807) is 0 Å². The largest absolute Gasteiger partial charge is 0.368 e. The zero-order chi connectivity index (χ0) is 10.5. The summed E-state index contributed by atoms with van der Waals surface area (Å²) >= 11 is 0. The van der Waals surface area contributed by atoms with Gasteiger partial charge in [-0.25, -0.2) is 0 Å². The Morgan fingerprint density at radius 1 is 0.923 bits per heavy atom. The predicted octanol–water partition coefficient (Wildman–Crippen LogP) is 2.85. The molecule has 0 bridgehead atoms. The number of aliphatic hydroxyl groups excluding tert-OH is 1. The van der Waals surface area contributed by atoms with Gasteiger partial charge < -0.3 is 10.2 Å². The molecule has 0 spiro atoms. The lowest BCUT2D eigenvalue weighted by Gasteiger charge is -2.02. The van der Waals surface area contributed by atoms with Crippen LogP contribution in [0, 0.1) is 0 Å². The van der Waals surface area contributed by atoms with Gasteiger partial charge in [0.05, 0.1) is 0 Å². The quantitative estimate of drug-likeness (QED) is 0.366. The fraction of sp³-hybridized carbons (Fsp3) is 0.818. The van der Waals surface area contributed by atoms with Crippen LogP contribution in [0.3, 0.4) is 0 Å². The van der Waals surface area contributed by atoms with Gasteiger partial charge in [0.2, 0.25) is 0 Å². The molecule has 2 heteroatoms. The van der Waals surface area contributed by atoms with Crippen LogP contribution in [0.25, 0.3) is 0 Å². The third-order valence-electron chi connectivity index (χ3n) is 1.82. The molecule has 2 N–H and O–H groups in total. The number of unbranched alkanes of at least 4 members (excludes halogenated alkanes) is 5. The van der Waals surface area contributed by atoms with Crippen LogP contribution in [0.4, 0.5) is 0 Å². The third kappa shape index (κ3) is 18.5. The molecule has 0 amide bonds. The molecule has 0 rings (SSSR count). The Bertz CT molecular complexity index is 82.2. The molecule has 2 nitrogen and oxygen atoms in total. The Morgan fingerprint density at radius 3 is 1.85 bits per heavy atom. The molecule has 0 aliphatic rings. The molecule has 0 atom stereocenters. The molecule has 0 aliphatic carbocycles. The average Bonchev–Trinajstić information content (AvgIpc) is 2.14. The van der Waals surface area contributed by atoms with Crippen molar-refractivity contribution >= 4 is 0 Å². The molecular formula is C11H24O2. The van der Waals surface area contributed by atoms with Crippen molar-refractivity contribution in [1.82, 2.24) is 0 Å². The minimum Gasteiger partial charge on any atom is -0.368 e. The lowest BCUT2D eigenvalue weighted by molar-refractivity contribution is -0.0466. The van der Waals surface area contributed by atoms with E-state index in [4.69, 9.17) is 10.2 Å². The molecule has 0 aromatic carbocycles. The van der Waals surface area contributed by atoms with Crippen LogP contribution in [0.1, 0.15) is 51.9 Å². The fourth-order valence-corrected chi connectivity index (χ4v) is 1.11. The van der Waals surface area contributed by atoms with Gasteiger partial charge in [-0.05, 0) is 12.8 Å². The Hall–Kier alpha value is -0.340. The summed E-state index contributed by atoms with van der Waals surface area (Å²) in [5, 5.41) is 17.0. The summed E-state index contributed by atoms with van der Waals surface area (Å²) in [5.41, 5.74) is 0. The van der Waals surface area contributed by atoms with E-state index in [1.807, 2.05) is 0 Å². The molecule has 0 unspecified atom stereocenters. The number of hydrogen-bond donors (Lipinski definition) is 2. The monoisotopic (exact) mass is 188 g/mol. The maximum Gasteiger partial charge on any atom is 0.151 e. The number of hydrogen-bond acceptors (Lipinski definition) is 2. The molecule has 0 saturated carbocycles. The van der Waals surface area contributed by atoms with Crippen molar-refractivity contribution in [2.24, 2.45) is 0 Å². The van der Waals surface area contributed by atoms with Crippen molar-refractivity contribution in [2.75, 3.05) is 0 Å². The van der Waals surface area contributed by atoms with E-state index >= 15 is 0 Å². The normalized spacial score (nSPS) is 9.54. The van der Waals surface area contributed by atoms with Crippen LogP contribution in [0.15, 0.2) is 13.2 Å². The Morgan fingerprint density at radius 2 is 1.38 bits per heavy atom. The van der Waals surface area contributed by atoms with Crippen LogP contribution < -0.4 is 0 Å². The molecule has 0 aromatic rings. The zero-order valence-electron chi connectivity index (χ0n) is 8.84. The number of rotatable bonds is 7. The van der Waals surface area contributed by atoms with Gasteiger partial charge in [0.25, 0.3) is 0 Å². The van der Waals surface area contributed by atoms with E-state index in [2.05, 4.69) is 20.1 Å². The van der Waals surface area contributed by atoms with Gasteiger partial charge in [-0.3, -0.25) is 0 Å². The summed E-state index contributed by atoms with van der Waals surface area (Å²) in [6, 6.07) is 0. The van der Waals surface area contributed by atoms with Crippen molar-refractivity contribution in [2.45, 2.75) is 58.2 Å². The summed E-state index contributed by atoms with van der Waals surface area (Å²) in [4.78, 5) is 0. The highest BCUT2D eigenvalue weighted by Crippen LogP contribution is 2.07. The SMILES string of the molecule is C=C.CCCCCCCCC(O)O. The standard InChI is InChI=1S/C9H20O2.C2H4/c1-2-3-4-5-6-7-8-9(10)11;1-2/h9-11H,2-8H2,1H3;1-2H2. The van der Waals surface area contributed by atoms with Crippen molar-refractivity contribution in [3.8, 4) is 0 Å². The van der Waals surface area contributed by atoms with E-state index in [1.165, 1.54) is 25.7 Å². The van der Waals surface area contributed by atoms with Crippen LogP contribution in [0.2, 0.25) is 0 Å². The van der Waals surface area contributed by atoms with Gasteiger partial charge in [-0.1, -0.05) is 39.0 Å². The Kier molecular flexibility index (Phi) is 16.5. The first kappa shape index (κ1) is 15.1. The first-order valence-electron chi connectivity index (χ1n) is 5.13. The summed E-state index contributed by atoms with van der Waals surface area (Å²) in [5.74, 6) is 0. The maximum absolute atomic E-state index is 8.51. The lowest BCUT2D eigenvalue weighted by Crippen LogP contribution is -2.02. The minimum absolute atomic E-state index is 0.534. The molecular weight excluding hydrogens is 164 g/mol. The van der Waals surface area contributed by atoms with Gasteiger partial charge >= 0.3 is 0 Å². The van der Waals surface area contributed by atoms with Crippen molar-refractivity contribution < 1.29 is 10.2 Å². The van der Waals surface area contributed by atoms with E-state index < -0.39 is 6.29 Å². The highest BCUT2D eigenvalue weighted by molar-refractivity contribution is 4.45. The molecule has 80 valence electrons. The van der Waals surface area contributed by atoms with E-state index in [0.717, 1.165) is 12.8 Å². The molecule has 0 aromatic heterocycles. The molecule has 0 heterocycles. The average molecular weight is 188 g/mol. The maximum atomic E-state index is 8.51. The summed E-state index contributed by atoms with van der Waals surface area (Å²) in [6.45, 7) is 8.19. The zero-order valence-corrected chi connectivity index (χ0v) is 8.84. The van der Waals surface area contributed by atoms with Crippen LogP contribution in [-0.2, 0) is 0 Å². The van der Waals surface area contributed by atoms with Gasteiger partial charge in [0.1, 0.15) is 0 Å². The summed E-state index contributed by atoms with van der Waals surface area (Å²) in [7, 11) is 0. The Labute approximate surface area is 82.3 Å². The van der Waals surface area contributed by atoms with Crippen molar-refractivity contribution in [3.63, 3.8) is 0 Å². The topological polar surface area (TPSA) is 40.5 Å². The fourth-order valence-electron chi connectivity index (χ4n) is 1.11. The van der Waals surface area contributed by atoms with Crippen LogP contribution >= 0.6 is 0 Å². The third-order valence-corrected chi connectivity index (χ3v) is 1.82. The smallest absolute Gasteiger partial charge is 0.151 e. The summed E-state index contributed by atoms with van der Waals surface area (Å²) in [6.07, 6.45) is 6.62. The van der Waals surface area contributed by atoms with Crippen molar-refractivity contribution in [3.05, 3.63) is 13.2 Å². The van der Waals surface area contributed by atoms with Gasteiger partial charge in [-0.15, -0.1) is 13.2 Å². The number of aliphatic hydroxyl groups is 2. The molecule has 0 radical (unpaired) electrons. The molecule has 0 aliphatic heterocycles. The minimum atomic E-state index is -1.10. The highest BCUT2D eigenvalue weighted by Gasteiger charge is 1.95. The van der Waals surface area contributed by atoms with E-state index in [0.29, 0.717) is 6.42 Å². The van der Waals surface area contributed by atoms with Crippen LogP contribution in [-0.4, -0.2) is 16.5 Å². The van der Waals surface area contributed by atoms with E-state index in [-0.39, 0.29) is 0 Å². The molecule has 0 saturated heterocycles. The second kappa shape index (κ2) is 14.2. The molecule has 13 heavy (non-hydrogen) atoms. The first-order chi connectivity index (χ1) is 6.27. The Balaban J connectivity index is 0. The predicted molar refractivity (Wildman–Crippen MR) is 57.5 cm³/mol. The second-order valence-electron chi connectivity index (χ2n) is 3.04. The highest BCUT2D eigenvalue weighted by atomic mass is 16.5. The lowest BCUT2D eigenvalue weighted by atomic mass is 10.1. The van der Waals surface area contributed by atoms with Gasteiger partial charge in [0, 0.05) is 0 Å². The van der Waals surface area contributed by atoms with Gasteiger partial charge in [0.15, 0.2) is 6.29 Å². The van der Waals surface area contributed by atoms with E-state index in [9.17, 15) is 0 Å². The molecule has 0 fully saturated rings. The first-order valence-corrected chi connectivity index (χ1v) is 5.13.